The highest BCUT2D eigenvalue weighted by molar-refractivity contribution is 7.92. The van der Waals surface area contributed by atoms with E-state index in [9.17, 15) is 13.2 Å². The Morgan fingerprint density at radius 1 is 0.969 bits per heavy atom. The van der Waals surface area contributed by atoms with Gasteiger partial charge in [-0.1, -0.05) is 12.1 Å². The van der Waals surface area contributed by atoms with Gasteiger partial charge in [0.05, 0.1) is 26.2 Å². The molecule has 0 spiro atoms. The van der Waals surface area contributed by atoms with Crippen molar-refractivity contribution in [2.75, 3.05) is 62.4 Å². The van der Waals surface area contributed by atoms with Crippen LogP contribution in [0.25, 0.3) is 0 Å². The second-order valence-corrected chi connectivity index (χ2v) is 9.58. The molecule has 0 aliphatic carbocycles. The first-order valence-electron chi connectivity index (χ1n) is 10.6. The number of carbonyl (C=O) groups is 1. The number of sulfonamides is 1. The molecular formula is C23H31N3O5S. The lowest BCUT2D eigenvalue weighted by Crippen LogP contribution is -2.48. The third-order valence-corrected chi connectivity index (χ3v) is 6.76. The molecule has 1 saturated heterocycles. The van der Waals surface area contributed by atoms with Crippen LogP contribution in [0.15, 0.2) is 48.5 Å². The summed E-state index contributed by atoms with van der Waals surface area (Å²) in [5, 5.41) is 0. The first-order valence-corrected chi connectivity index (χ1v) is 12.5. The highest BCUT2D eigenvalue weighted by Crippen LogP contribution is 2.29. The van der Waals surface area contributed by atoms with Crippen molar-refractivity contribution in [3.05, 3.63) is 48.5 Å². The molecule has 0 unspecified atom stereocenters. The highest BCUT2D eigenvalue weighted by atomic mass is 32.2. The zero-order valence-electron chi connectivity index (χ0n) is 18.9. The smallest absolute Gasteiger partial charge is 0.232 e. The van der Waals surface area contributed by atoms with Crippen molar-refractivity contribution < 1.29 is 22.7 Å². The molecule has 174 valence electrons. The Labute approximate surface area is 190 Å². The van der Waals surface area contributed by atoms with Crippen LogP contribution in [-0.2, 0) is 14.8 Å². The van der Waals surface area contributed by atoms with Crippen LogP contribution in [0, 0.1) is 0 Å². The number of anilines is 2. The van der Waals surface area contributed by atoms with Crippen molar-refractivity contribution in [2.24, 2.45) is 0 Å². The van der Waals surface area contributed by atoms with Crippen molar-refractivity contribution in [1.82, 2.24) is 4.90 Å². The molecule has 0 saturated carbocycles. The van der Waals surface area contributed by atoms with E-state index in [2.05, 4.69) is 4.90 Å². The number of rotatable bonds is 9. The maximum Gasteiger partial charge on any atom is 0.232 e. The topological polar surface area (TPSA) is 79.4 Å². The van der Waals surface area contributed by atoms with Gasteiger partial charge in [-0.3, -0.25) is 9.10 Å². The van der Waals surface area contributed by atoms with E-state index in [-0.39, 0.29) is 12.5 Å². The zero-order chi connectivity index (χ0) is 23.1. The minimum atomic E-state index is -3.50. The predicted octanol–water partition coefficient (Wildman–Crippen LogP) is 2.60. The van der Waals surface area contributed by atoms with Gasteiger partial charge in [0.15, 0.2) is 0 Å². The van der Waals surface area contributed by atoms with Gasteiger partial charge in [0, 0.05) is 44.8 Å². The molecule has 1 aliphatic rings. The zero-order valence-corrected chi connectivity index (χ0v) is 19.7. The summed E-state index contributed by atoms with van der Waals surface area (Å²) in [5.41, 5.74) is 1.59. The minimum absolute atomic E-state index is 0.0489. The number of amides is 1. The lowest BCUT2D eigenvalue weighted by Gasteiger charge is -2.36. The molecule has 0 N–H and O–H groups in total. The highest BCUT2D eigenvalue weighted by Gasteiger charge is 2.24. The van der Waals surface area contributed by atoms with Crippen molar-refractivity contribution in [1.29, 1.82) is 0 Å². The van der Waals surface area contributed by atoms with Crippen LogP contribution in [0.4, 0.5) is 11.4 Å². The van der Waals surface area contributed by atoms with Crippen molar-refractivity contribution >= 4 is 27.3 Å². The van der Waals surface area contributed by atoms with Crippen molar-refractivity contribution in [3.8, 4) is 11.5 Å². The molecule has 8 nitrogen and oxygen atoms in total. The SMILES string of the molecule is COc1ccc(N2CCN(C(=O)CCCN(c3ccccc3OC)S(C)(=O)=O)CC2)cc1. The van der Waals surface area contributed by atoms with E-state index in [0.717, 1.165) is 24.5 Å². The molecular weight excluding hydrogens is 430 g/mol. The number of hydrogen-bond acceptors (Lipinski definition) is 6. The van der Waals surface area contributed by atoms with Crippen LogP contribution in [0.3, 0.4) is 0 Å². The van der Waals surface area contributed by atoms with E-state index < -0.39 is 10.0 Å². The Balaban J connectivity index is 1.52. The summed E-state index contributed by atoms with van der Waals surface area (Å²) in [6, 6.07) is 14.9. The molecule has 2 aromatic carbocycles. The maximum atomic E-state index is 12.7. The lowest BCUT2D eigenvalue weighted by atomic mass is 10.2. The number of benzene rings is 2. The summed E-state index contributed by atoms with van der Waals surface area (Å²) in [7, 11) is -0.351. The van der Waals surface area contributed by atoms with E-state index >= 15 is 0 Å². The summed E-state index contributed by atoms with van der Waals surface area (Å²) in [4.78, 5) is 16.8. The first-order chi connectivity index (χ1) is 15.3. The maximum absolute atomic E-state index is 12.7. The molecule has 0 atom stereocenters. The monoisotopic (exact) mass is 461 g/mol. The van der Waals surface area contributed by atoms with Gasteiger partial charge in [-0.25, -0.2) is 8.42 Å². The molecule has 1 amide bonds. The van der Waals surface area contributed by atoms with Crippen LogP contribution in [0.2, 0.25) is 0 Å². The van der Waals surface area contributed by atoms with Crippen LogP contribution < -0.4 is 18.7 Å². The van der Waals surface area contributed by atoms with Crippen LogP contribution in [0.1, 0.15) is 12.8 Å². The van der Waals surface area contributed by atoms with E-state index in [1.165, 1.54) is 17.7 Å². The Hall–Kier alpha value is -2.94. The van der Waals surface area contributed by atoms with Crippen molar-refractivity contribution in [2.45, 2.75) is 12.8 Å². The number of piperazine rings is 1. The predicted molar refractivity (Wildman–Crippen MR) is 126 cm³/mol. The molecule has 0 aromatic heterocycles. The summed E-state index contributed by atoms with van der Waals surface area (Å²) >= 11 is 0. The largest absolute Gasteiger partial charge is 0.497 e. The van der Waals surface area contributed by atoms with E-state index in [1.807, 2.05) is 29.2 Å². The number of para-hydroxylation sites is 2. The molecule has 1 fully saturated rings. The fourth-order valence-corrected chi connectivity index (χ4v) is 4.81. The molecule has 2 aromatic rings. The Bertz CT molecular complexity index is 1000. The molecule has 1 aliphatic heterocycles. The lowest BCUT2D eigenvalue weighted by molar-refractivity contribution is -0.131. The van der Waals surface area contributed by atoms with Gasteiger partial charge in [-0.15, -0.1) is 0 Å². The normalized spacial score (nSPS) is 14.2. The van der Waals surface area contributed by atoms with Crippen LogP contribution in [0.5, 0.6) is 11.5 Å². The Morgan fingerprint density at radius 2 is 1.62 bits per heavy atom. The summed E-state index contributed by atoms with van der Waals surface area (Å²) in [5.74, 6) is 1.35. The third kappa shape index (κ3) is 5.85. The fourth-order valence-electron chi connectivity index (χ4n) is 3.84. The van der Waals surface area contributed by atoms with Crippen LogP contribution in [-0.4, -0.2) is 72.4 Å². The van der Waals surface area contributed by atoms with Gasteiger partial charge >= 0.3 is 0 Å². The quantitative estimate of drug-likeness (QED) is 0.571. The fraction of sp³-hybridized carbons (Fsp3) is 0.435. The average Bonchev–Trinajstić information content (AvgIpc) is 2.81. The number of methoxy groups -OCH3 is 2. The average molecular weight is 462 g/mol. The van der Waals surface area contributed by atoms with Gasteiger partial charge < -0.3 is 19.3 Å². The van der Waals surface area contributed by atoms with Crippen molar-refractivity contribution in [3.63, 3.8) is 0 Å². The molecule has 0 radical (unpaired) electrons. The number of hydrogen-bond donors (Lipinski definition) is 0. The van der Waals surface area contributed by atoms with Crippen LogP contribution >= 0.6 is 0 Å². The standard InChI is InChI=1S/C23H31N3O5S/c1-30-20-12-10-19(11-13-20)24-15-17-25(18-16-24)23(27)9-6-14-26(32(3,28)29)21-7-4-5-8-22(21)31-2/h4-5,7-8,10-13H,6,9,14-18H2,1-3H3. The summed E-state index contributed by atoms with van der Waals surface area (Å²) in [6.07, 6.45) is 1.89. The van der Waals surface area contributed by atoms with Gasteiger partial charge in [0.25, 0.3) is 0 Å². The molecule has 9 heteroatoms. The molecule has 1 heterocycles. The minimum Gasteiger partial charge on any atom is -0.497 e. The second kappa shape index (κ2) is 10.6. The molecule has 0 bridgehead atoms. The Morgan fingerprint density at radius 3 is 2.22 bits per heavy atom. The number of nitrogens with zero attached hydrogens (tertiary/aromatic N) is 3. The summed E-state index contributed by atoms with van der Waals surface area (Å²) < 4.78 is 36.5. The third-order valence-electron chi connectivity index (χ3n) is 5.58. The van der Waals surface area contributed by atoms with E-state index in [4.69, 9.17) is 9.47 Å². The number of carbonyl (C=O) groups excluding carboxylic acids is 1. The molecule has 32 heavy (non-hydrogen) atoms. The second-order valence-electron chi connectivity index (χ2n) is 7.68. The Kier molecular flexibility index (Phi) is 7.84. The summed E-state index contributed by atoms with van der Waals surface area (Å²) in [6.45, 7) is 3.03. The number of ether oxygens (including phenoxy) is 2. The van der Waals surface area contributed by atoms with Gasteiger partial charge in [0.2, 0.25) is 15.9 Å². The van der Waals surface area contributed by atoms with Gasteiger partial charge in [-0.2, -0.15) is 0 Å². The molecule has 3 rings (SSSR count). The van der Waals surface area contributed by atoms with Gasteiger partial charge in [0.1, 0.15) is 11.5 Å². The van der Waals surface area contributed by atoms with Gasteiger partial charge in [-0.05, 0) is 42.8 Å². The van der Waals surface area contributed by atoms with E-state index in [1.54, 1.807) is 31.4 Å². The first kappa shape index (κ1) is 23.7. The van der Waals surface area contributed by atoms with E-state index in [0.29, 0.717) is 37.4 Å².